The van der Waals surface area contributed by atoms with Crippen LogP contribution in [-0.2, 0) is 17.9 Å². The summed E-state index contributed by atoms with van der Waals surface area (Å²) in [6.45, 7) is 7.10. The number of anilines is 1. The van der Waals surface area contributed by atoms with Crippen molar-refractivity contribution in [2.75, 3.05) is 37.7 Å². The van der Waals surface area contributed by atoms with Gasteiger partial charge in [0, 0.05) is 31.7 Å². The number of rotatable bonds is 12. The molecule has 1 aliphatic rings. The zero-order chi connectivity index (χ0) is 23.6. The van der Waals surface area contributed by atoms with Crippen molar-refractivity contribution in [2.24, 2.45) is 0 Å². The van der Waals surface area contributed by atoms with Crippen molar-refractivity contribution in [2.45, 2.75) is 51.9 Å². The van der Waals surface area contributed by atoms with Crippen LogP contribution in [0.25, 0.3) is 11.3 Å². The van der Waals surface area contributed by atoms with Gasteiger partial charge in [-0.3, -0.25) is 4.90 Å². The van der Waals surface area contributed by atoms with Gasteiger partial charge >= 0.3 is 0 Å². The third-order valence-corrected chi connectivity index (χ3v) is 6.27. The van der Waals surface area contributed by atoms with Crippen molar-refractivity contribution < 1.29 is 14.4 Å². The van der Waals surface area contributed by atoms with Crippen molar-refractivity contribution in [3.8, 4) is 11.3 Å². The van der Waals surface area contributed by atoms with Crippen LogP contribution in [0.15, 0.2) is 65.2 Å². The predicted octanol–water partition coefficient (Wildman–Crippen LogP) is 5.12. The van der Waals surface area contributed by atoms with Crippen LogP contribution in [-0.4, -0.2) is 54.1 Å². The summed E-state index contributed by atoms with van der Waals surface area (Å²) < 4.78 is 11.7. The van der Waals surface area contributed by atoms with E-state index < -0.39 is 6.10 Å². The van der Waals surface area contributed by atoms with Crippen LogP contribution in [0.1, 0.15) is 43.7 Å². The van der Waals surface area contributed by atoms with Gasteiger partial charge in [-0.1, -0.05) is 72.7 Å². The normalized spacial score (nSPS) is 15.1. The highest BCUT2D eigenvalue weighted by Gasteiger charge is 2.26. The number of hydrogen-bond donors (Lipinski definition) is 1. The van der Waals surface area contributed by atoms with Gasteiger partial charge in [0.05, 0.1) is 24.9 Å². The molecule has 1 aromatic heterocycles. The van der Waals surface area contributed by atoms with Gasteiger partial charge in [0.1, 0.15) is 5.69 Å². The molecule has 1 fully saturated rings. The molecular weight excluding hydrogens is 426 g/mol. The molecule has 2 aromatic carbocycles. The molecule has 0 bridgehead atoms. The molecule has 34 heavy (non-hydrogen) atoms. The van der Waals surface area contributed by atoms with Crippen LogP contribution in [0.5, 0.6) is 0 Å². The van der Waals surface area contributed by atoms with Crippen molar-refractivity contribution in [1.29, 1.82) is 0 Å². The third-order valence-electron chi connectivity index (χ3n) is 6.27. The molecule has 0 saturated carbocycles. The second-order valence-corrected chi connectivity index (χ2v) is 9.12. The minimum absolute atomic E-state index is 0.309. The largest absolute Gasteiger partial charge is 0.389 e. The molecule has 2 heterocycles. The highest BCUT2D eigenvalue weighted by atomic mass is 16.5. The van der Waals surface area contributed by atoms with E-state index in [-0.39, 0.29) is 0 Å². The van der Waals surface area contributed by atoms with Crippen molar-refractivity contribution in [3.63, 3.8) is 0 Å². The first-order valence-electron chi connectivity index (χ1n) is 12.6. The van der Waals surface area contributed by atoms with Crippen LogP contribution < -0.4 is 4.90 Å². The summed E-state index contributed by atoms with van der Waals surface area (Å²) in [7, 11) is 0. The van der Waals surface area contributed by atoms with Gasteiger partial charge in [-0.05, 0) is 37.8 Å². The molecule has 0 amide bonds. The Morgan fingerprint density at radius 1 is 1.03 bits per heavy atom. The number of aliphatic hydroxyl groups is 1. The Morgan fingerprint density at radius 3 is 2.44 bits per heavy atom. The highest BCUT2D eigenvalue weighted by Crippen LogP contribution is 2.34. The summed E-state index contributed by atoms with van der Waals surface area (Å²) >= 11 is 0. The molecule has 6 nitrogen and oxygen atoms in total. The summed E-state index contributed by atoms with van der Waals surface area (Å²) in [4.78, 5) is 4.63. The molecular formula is C28H37N3O3. The predicted molar refractivity (Wildman–Crippen MR) is 136 cm³/mol. The fourth-order valence-electron chi connectivity index (χ4n) is 4.62. The van der Waals surface area contributed by atoms with Crippen LogP contribution in [0.2, 0.25) is 0 Å². The molecule has 4 rings (SSSR count). The van der Waals surface area contributed by atoms with Crippen LogP contribution >= 0.6 is 0 Å². The first-order valence-corrected chi connectivity index (χ1v) is 12.6. The summed E-state index contributed by atoms with van der Waals surface area (Å²) in [5.74, 6) is 0.884. The lowest BCUT2D eigenvalue weighted by Gasteiger charge is -2.29. The Kier molecular flexibility index (Phi) is 9.13. The Labute approximate surface area is 203 Å². The number of aromatic nitrogens is 1. The molecule has 1 atom stereocenters. The minimum Gasteiger partial charge on any atom is -0.389 e. The minimum atomic E-state index is -0.561. The average Bonchev–Trinajstić information content (AvgIpc) is 3.29. The Balaban J connectivity index is 1.46. The Hall–Kier alpha value is -2.67. The maximum atomic E-state index is 10.7. The fraction of sp³-hybridized carbons (Fsp3) is 0.464. The van der Waals surface area contributed by atoms with Crippen LogP contribution in [0.4, 0.5) is 5.88 Å². The first kappa shape index (κ1) is 24.5. The zero-order valence-corrected chi connectivity index (χ0v) is 20.2. The number of piperidine rings is 1. The van der Waals surface area contributed by atoms with Gasteiger partial charge in [0.15, 0.2) is 0 Å². The van der Waals surface area contributed by atoms with Crippen LogP contribution in [0, 0.1) is 0 Å². The van der Waals surface area contributed by atoms with E-state index in [1.165, 1.54) is 19.3 Å². The molecule has 182 valence electrons. The lowest BCUT2D eigenvalue weighted by atomic mass is 10.1. The monoisotopic (exact) mass is 463 g/mol. The van der Waals surface area contributed by atoms with E-state index in [2.05, 4.69) is 34.0 Å². The fourth-order valence-corrected chi connectivity index (χ4v) is 4.62. The topological polar surface area (TPSA) is 62.0 Å². The van der Waals surface area contributed by atoms with E-state index >= 15 is 0 Å². The standard InChI is InChI=1S/C28H37N3O3/c1-2-16-30(19-25(32)22-33-21-23-12-6-3-7-13-23)20-26-27(24-14-8-4-9-15-24)29-34-28(26)31-17-10-5-11-18-31/h3-4,6-9,12-15,25,32H,2,5,10-11,16-22H2,1H3. The van der Waals surface area contributed by atoms with E-state index in [9.17, 15) is 5.11 Å². The van der Waals surface area contributed by atoms with Gasteiger partial charge < -0.3 is 19.3 Å². The maximum absolute atomic E-state index is 10.7. The quantitative estimate of drug-likeness (QED) is 0.402. The van der Waals surface area contributed by atoms with Gasteiger partial charge in [-0.2, -0.15) is 0 Å². The SMILES string of the molecule is CCCN(Cc1c(-c2ccccc2)noc1N1CCCCC1)CC(O)COCc1ccccc1. The van der Waals surface area contributed by atoms with E-state index in [1.54, 1.807) is 0 Å². The summed E-state index contributed by atoms with van der Waals surface area (Å²) in [6, 6.07) is 20.3. The number of nitrogens with zero attached hydrogens (tertiary/aromatic N) is 3. The van der Waals surface area contributed by atoms with Gasteiger partial charge in [0.2, 0.25) is 5.88 Å². The summed E-state index contributed by atoms with van der Waals surface area (Å²) in [5, 5.41) is 15.2. The Bertz CT molecular complexity index is 971. The number of benzene rings is 2. The summed E-state index contributed by atoms with van der Waals surface area (Å²) in [5.41, 5.74) is 4.19. The maximum Gasteiger partial charge on any atom is 0.232 e. The van der Waals surface area contributed by atoms with Gasteiger partial charge in [-0.15, -0.1) is 0 Å². The second kappa shape index (κ2) is 12.7. The number of aliphatic hydroxyl groups excluding tert-OH is 1. The third kappa shape index (κ3) is 6.69. The van der Waals surface area contributed by atoms with Crippen LogP contribution in [0.3, 0.4) is 0 Å². The number of ether oxygens (including phenoxy) is 1. The molecule has 3 aromatic rings. The zero-order valence-electron chi connectivity index (χ0n) is 20.2. The van der Waals surface area contributed by atoms with Crippen molar-refractivity contribution >= 4 is 5.88 Å². The van der Waals surface area contributed by atoms with E-state index in [1.807, 2.05) is 48.5 Å². The molecule has 1 aliphatic heterocycles. The molecule has 0 aliphatic carbocycles. The molecule has 1 N–H and O–H groups in total. The lowest BCUT2D eigenvalue weighted by Crippen LogP contribution is -2.36. The Morgan fingerprint density at radius 2 is 1.74 bits per heavy atom. The van der Waals surface area contributed by atoms with Gasteiger partial charge in [-0.25, -0.2) is 0 Å². The highest BCUT2D eigenvalue weighted by molar-refractivity contribution is 5.68. The lowest BCUT2D eigenvalue weighted by molar-refractivity contribution is 0.00858. The second-order valence-electron chi connectivity index (χ2n) is 9.12. The molecule has 1 unspecified atom stereocenters. The summed E-state index contributed by atoms with van der Waals surface area (Å²) in [6.07, 6.45) is 4.06. The molecule has 0 radical (unpaired) electrons. The number of hydrogen-bond acceptors (Lipinski definition) is 6. The average molecular weight is 464 g/mol. The van der Waals surface area contributed by atoms with E-state index in [0.29, 0.717) is 26.3 Å². The van der Waals surface area contributed by atoms with E-state index in [0.717, 1.165) is 54.3 Å². The van der Waals surface area contributed by atoms with Crippen molar-refractivity contribution in [3.05, 3.63) is 71.8 Å². The first-order chi connectivity index (χ1) is 16.7. The van der Waals surface area contributed by atoms with Crippen molar-refractivity contribution in [1.82, 2.24) is 10.1 Å². The molecule has 1 saturated heterocycles. The smallest absolute Gasteiger partial charge is 0.232 e. The molecule has 6 heteroatoms. The van der Waals surface area contributed by atoms with Gasteiger partial charge in [0.25, 0.3) is 0 Å². The molecule has 0 spiro atoms. The van der Waals surface area contributed by atoms with E-state index in [4.69, 9.17) is 9.26 Å².